The molecule has 0 bridgehead atoms. The van der Waals surface area contributed by atoms with Gasteiger partial charge in [0.25, 0.3) is 0 Å². The molecule has 8 rings (SSSR count). The van der Waals surface area contributed by atoms with Crippen molar-refractivity contribution in [2.24, 2.45) is 11.8 Å². The highest BCUT2D eigenvalue weighted by atomic mass is 16.6. The number of likely N-dealkylation sites (tertiary alicyclic amines) is 1. The minimum atomic E-state index is -0.856. The number of para-hydroxylation sites is 1. The van der Waals surface area contributed by atoms with Crippen LogP contribution in [-0.2, 0) is 27.1 Å². The van der Waals surface area contributed by atoms with Crippen molar-refractivity contribution in [3.8, 4) is 16.9 Å². The van der Waals surface area contributed by atoms with E-state index in [0.717, 1.165) is 87.8 Å². The molecule has 12 heteroatoms. The van der Waals surface area contributed by atoms with E-state index in [-0.39, 0.29) is 42.0 Å². The van der Waals surface area contributed by atoms with E-state index in [1.54, 1.807) is 12.1 Å². The van der Waals surface area contributed by atoms with Gasteiger partial charge >= 0.3 is 6.09 Å². The Hall–Kier alpha value is -5.53. The zero-order chi connectivity index (χ0) is 43.5. The number of hydrogen-bond acceptors (Lipinski definition) is 9. The number of nitrogens with one attached hydrogen (secondary N) is 3. The molecule has 2 heterocycles. The van der Waals surface area contributed by atoms with Gasteiger partial charge in [-0.2, -0.15) is 0 Å². The topological polar surface area (TPSA) is 156 Å². The number of nitrogens with zero attached hydrogens (tertiary/aromatic N) is 2. The lowest BCUT2D eigenvalue weighted by Gasteiger charge is -2.29. The molecule has 2 amide bonds. The summed E-state index contributed by atoms with van der Waals surface area (Å²) in [5.41, 5.74) is 5.91. The number of aliphatic hydroxyl groups excluding tert-OH is 1. The molecule has 5 aromatic rings. The molecule has 1 aromatic heterocycles. The second kappa shape index (κ2) is 21.2. The van der Waals surface area contributed by atoms with Crippen molar-refractivity contribution in [1.29, 1.82) is 0 Å². The summed E-state index contributed by atoms with van der Waals surface area (Å²) in [4.78, 5) is 45.3. The smallest absolute Gasteiger partial charge is 0.411 e. The first kappa shape index (κ1) is 44.1. The minimum absolute atomic E-state index is 0.0440. The number of anilines is 1. The molecule has 0 radical (unpaired) electrons. The Bertz CT molecular complexity index is 2330. The number of aliphatic hydroxyl groups is 1. The summed E-state index contributed by atoms with van der Waals surface area (Å²) >= 11 is 0. The fourth-order valence-electron chi connectivity index (χ4n) is 9.95. The van der Waals surface area contributed by atoms with Gasteiger partial charge in [0.2, 0.25) is 11.5 Å². The number of ether oxygens (including phenoxy) is 2. The number of amides is 2. The van der Waals surface area contributed by atoms with E-state index in [1.165, 1.54) is 23.3 Å². The van der Waals surface area contributed by atoms with Crippen LogP contribution in [0.15, 0.2) is 108 Å². The Morgan fingerprint density at radius 2 is 1.56 bits per heavy atom. The van der Waals surface area contributed by atoms with E-state index >= 15 is 0 Å². The molecule has 12 nitrogen and oxygen atoms in total. The lowest BCUT2D eigenvalue weighted by Crippen LogP contribution is -2.43. The summed E-state index contributed by atoms with van der Waals surface area (Å²) in [6.07, 6.45) is 6.91. The number of rotatable bonds is 19. The standard InChI is InChI=1S/C51H61N5O7/c57-46-20-18-43(44-19-21-48(59)54-50(44)46)47(58)32-52-25-27-56(40-10-4-5-11-40)49(60)24-29-62-28-23-36-16-14-35(15-17-36)22-26-55-33-38-30-41(31-39(38)34-55)63-51(61)53-45-13-7-6-12-42(45)37-8-2-1-3-9-37/h1-3,6-9,12-21,38-41,47,52,57-58H,4-5,10-11,22-34H2,(H,53,61)(H,54,59)/t38-,39+,41-,47-/m0/s1. The van der Waals surface area contributed by atoms with Crippen molar-refractivity contribution in [3.63, 3.8) is 0 Å². The first-order chi connectivity index (χ1) is 30.8. The zero-order valence-electron chi connectivity index (χ0n) is 36.1. The summed E-state index contributed by atoms with van der Waals surface area (Å²) in [6, 6.07) is 33.1. The zero-order valence-corrected chi connectivity index (χ0v) is 36.1. The van der Waals surface area contributed by atoms with Crippen molar-refractivity contribution in [3.05, 3.63) is 130 Å². The highest BCUT2D eigenvalue weighted by Gasteiger charge is 2.42. The summed E-state index contributed by atoms with van der Waals surface area (Å²) in [5.74, 6) is 1.17. The van der Waals surface area contributed by atoms with E-state index in [0.29, 0.717) is 61.0 Å². The Kier molecular flexibility index (Phi) is 14.9. The minimum Gasteiger partial charge on any atom is -0.506 e. The maximum Gasteiger partial charge on any atom is 0.411 e. The normalized spacial score (nSPS) is 19.3. The first-order valence-corrected chi connectivity index (χ1v) is 22.8. The number of carbonyl (C=O) groups is 2. The lowest BCUT2D eigenvalue weighted by atomic mass is 10.0. The molecule has 2 aliphatic carbocycles. The van der Waals surface area contributed by atoms with E-state index in [4.69, 9.17) is 9.47 Å². The molecule has 0 spiro atoms. The molecule has 332 valence electrons. The molecule has 1 saturated heterocycles. The first-order valence-electron chi connectivity index (χ1n) is 22.8. The number of aromatic hydroxyl groups is 1. The van der Waals surface area contributed by atoms with Crippen LogP contribution < -0.4 is 16.2 Å². The van der Waals surface area contributed by atoms with Crippen molar-refractivity contribution in [2.45, 2.75) is 76.0 Å². The van der Waals surface area contributed by atoms with Gasteiger partial charge in [0.05, 0.1) is 36.9 Å². The maximum atomic E-state index is 13.4. The van der Waals surface area contributed by atoms with Gasteiger partial charge in [-0.25, -0.2) is 4.79 Å². The number of phenols is 1. The SMILES string of the molecule is O=C(Nc1ccccc1-c1ccccc1)O[C@@H]1C[C@@H]2CN(CCc3ccc(CCOCCC(=O)N(CCNC[C@H](O)c4ccc(O)c5[nH]c(=O)ccc45)C4CCCC4)cc3)C[C@@H]2C1. The van der Waals surface area contributed by atoms with Crippen LogP contribution in [-0.4, -0.2) is 102 Å². The van der Waals surface area contributed by atoms with Gasteiger partial charge in [0.1, 0.15) is 11.9 Å². The highest BCUT2D eigenvalue weighted by molar-refractivity contribution is 5.91. The fraction of sp³-hybridized carbons (Fsp3) is 0.431. The Labute approximate surface area is 369 Å². The van der Waals surface area contributed by atoms with Gasteiger partial charge in [-0.1, -0.05) is 91.7 Å². The molecule has 4 aromatic carbocycles. The highest BCUT2D eigenvalue weighted by Crippen LogP contribution is 2.40. The summed E-state index contributed by atoms with van der Waals surface area (Å²) in [6.45, 7) is 5.39. The van der Waals surface area contributed by atoms with Crippen molar-refractivity contribution in [2.75, 3.05) is 57.8 Å². The van der Waals surface area contributed by atoms with Crippen molar-refractivity contribution in [1.82, 2.24) is 20.1 Å². The van der Waals surface area contributed by atoms with Gasteiger partial charge in [-0.05, 0) is 90.8 Å². The molecular weight excluding hydrogens is 795 g/mol. The Morgan fingerprint density at radius 3 is 2.32 bits per heavy atom. The quantitative estimate of drug-likeness (QED) is 0.0533. The van der Waals surface area contributed by atoms with E-state index < -0.39 is 6.10 Å². The summed E-state index contributed by atoms with van der Waals surface area (Å²) < 4.78 is 11.9. The predicted molar refractivity (Wildman–Crippen MR) is 246 cm³/mol. The van der Waals surface area contributed by atoms with Crippen molar-refractivity contribution < 1.29 is 29.3 Å². The van der Waals surface area contributed by atoms with Gasteiger partial charge in [0.15, 0.2) is 0 Å². The van der Waals surface area contributed by atoms with Crippen LogP contribution in [0.4, 0.5) is 10.5 Å². The third kappa shape index (κ3) is 11.5. The molecule has 3 fully saturated rings. The number of aromatic amines is 1. The number of hydrogen-bond donors (Lipinski definition) is 5. The van der Waals surface area contributed by atoms with E-state index in [1.807, 2.05) is 59.5 Å². The molecule has 3 aliphatic rings. The van der Waals surface area contributed by atoms with Crippen LogP contribution in [0, 0.1) is 11.8 Å². The summed E-state index contributed by atoms with van der Waals surface area (Å²) in [5, 5.41) is 28.0. The fourth-order valence-corrected chi connectivity index (χ4v) is 9.95. The van der Waals surface area contributed by atoms with Crippen LogP contribution in [0.1, 0.15) is 67.7 Å². The molecule has 2 saturated carbocycles. The number of pyridine rings is 1. The van der Waals surface area contributed by atoms with E-state index in [9.17, 15) is 24.6 Å². The largest absolute Gasteiger partial charge is 0.506 e. The van der Waals surface area contributed by atoms with Gasteiger partial charge in [-0.3, -0.25) is 14.9 Å². The monoisotopic (exact) mass is 855 g/mol. The van der Waals surface area contributed by atoms with Gasteiger partial charge in [-0.15, -0.1) is 0 Å². The van der Waals surface area contributed by atoms with Crippen molar-refractivity contribution >= 4 is 28.6 Å². The molecule has 63 heavy (non-hydrogen) atoms. The second-order valence-electron chi connectivity index (χ2n) is 17.5. The van der Waals surface area contributed by atoms with E-state index in [2.05, 4.69) is 44.8 Å². The third-order valence-corrected chi connectivity index (χ3v) is 13.3. The number of carbonyl (C=O) groups excluding carboxylic acids is 2. The second-order valence-corrected chi connectivity index (χ2v) is 17.5. The van der Waals surface area contributed by atoms with Gasteiger partial charge in [0, 0.05) is 62.3 Å². The molecule has 4 atom stereocenters. The molecule has 1 aliphatic heterocycles. The average Bonchev–Trinajstić information content (AvgIpc) is 4.05. The maximum absolute atomic E-state index is 13.4. The van der Waals surface area contributed by atoms with Crippen LogP contribution in [0.3, 0.4) is 0 Å². The number of H-pyrrole nitrogens is 1. The van der Waals surface area contributed by atoms with Gasteiger partial charge < -0.3 is 39.8 Å². The third-order valence-electron chi connectivity index (χ3n) is 13.3. The Morgan fingerprint density at radius 1 is 0.841 bits per heavy atom. The number of phenolic OH excluding ortho intramolecular Hbond substituents is 1. The molecular formula is C51H61N5O7. The lowest BCUT2D eigenvalue weighted by molar-refractivity contribution is -0.134. The Balaban J connectivity index is 0.702. The number of fused-ring (bicyclic) bond motifs is 2. The summed E-state index contributed by atoms with van der Waals surface area (Å²) in [7, 11) is 0. The number of benzene rings is 4. The average molecular weight is 856 g/mol. The predicted octanol–water partition coefficient (Wildman–Crippen LogP) is 7.45. The van der Waals surface area contributed by atoms with Crippen LogP contribution >= 0.6 is 0 Å². The van der Waals surface area contributed by atoms with Crippen LogP contribution in [0.25, 0.3) is 22.0 Å². The number of aromatic nitrogens is 1. The van der Waals surface area contributed by atoms with Crippen LogP contribution in [0.5, 0.6) is 5.75 Å². The molecule has 5 N–H and O–H groups in total. The molecule has 0 unspecified atom stereocenters. The van der Waals surface area contributed by atoms with Crippen LogP contribution in [0.2, 0.25) is 0 Å².